The molecule has 0 aliphatic carbocycles. The third kappa shape index (κ3) is 5.71. The average Bonchev–Trinajstić information content (AvgIpc) is 2.79. The molecule has 3 N–H and O–H groups in total. The van der Waals surface area contributed by atoms with Crippen molar-refractivity contribution in [1.82, 2.24) is 10.6 Å². The quantitative estimate of drug-likeness (QED) is 0.370. The van der Waals surface area contributed by atoms with E-state index in [4.69, 9.17) is 9.84 Å². The topological polar surface area (TPSA) is 65.9 Å². The van der Waals surface area contributed by atoms with Gasteiger partial charge in [-0.3, -0.25) is 4.99 Å². The number of rotatable bonds is 6. The van der Waals surface area contributed by atoms with Crippen molar-refractivity contribution in [3.63, 3.8) is 0 Å². The second-order valence-corrected chi connectivity index (χ2v) is 4.63. The lowest BCUT2D eigenvalue weighted by atomic mass is 9.84. The lowest BCUT2D eigenvalue weighted by molar-refractivity contribution is 0.127. The second kappa shape index (κ2) is 9.80. The van der Waals surface area contributed by atoms with Crippen LogP contribution in [0.1, 0.15) is 26.2 Å². The number of guanidine groups is 1. The maximum absolute atomic E-state index is 9.13. The van der Waals surface area contributed by atoms with Gasteiger partial charge in [0.2, 0.25) is 0 Å². The van der Waals surface area contributed by atoms with E-state index in [9.17, 15) is 0 Å². The van der Waals surface area contributed by atoms with E-state index in [1.807, 2.05) is 0 Å². The number of ether oxygens (including phenoxy) is 1. The minimum atomic E-state index is 0. The van der Waals surface area contributed by atoms with Crippen LogP contribution in [0.25, 0.3) is 0 Å². The van der Waals surface area contributed by atoms with Gasteiger partial charge < -0.3 is 20.5 Å². The molecule has 18 heavy (non-hydrogen) atoms. The fraction of sp³-hybridized carbons (Fsp3) is 0.917. The first kappa shape index (κ1) is 17.9. The van der Waals surface area contributed by atoms with Crippen LogP contribution in [0.3, 0.4) is 0 Å². The summed E-state index contributed by atoms with van der Waals surface area (Å²) in [5.74, 6) is 0.830. The number of nitrogens with zero attached hydrogens (tertiary/aromatic N) is 1. The Kier molecular flexibility index (Phi) is 9.76. The van der Waals surface area contributed by atoms with Crippen molar-refractivity contribution in [2.45, 2.75) is 26.2 Å². The molecule has 1 atom stereocenters. The molecule has 1 unspecified atom stereocenters. The van der Waals surface area contributed by atoms with Crippen molar-refractivity contribution < 1.29 is 9.84 Å². The van der Waals surface area contributed by atoms with Gasteiger partial charge in [0.1, 0.15) is 0 Å². The Morgan fingerprint density at radius 3 is 2.72 bits per heavy atom. The molecule has 0 amide bonds. The van der Waals surface area contributed by atoms with E-state index < -0.39 is 0 Å². The van der Waals surface area contributed by atoms with Gasteiger partial charge in [-0.15, -0.1) is 24.0 Å². The number of aliphatic hydroxyl groups is 1. The van der Waals surface area contributed by atoms with Crippen molar-refractivity contribution >= 4 is 29.9 Å². The number of aliphatic imine (C=N–C) groups is 1. The van der Waals surface area contributed by atoms with E-state index in [1.165, 1.54) is 0 Å². The number of halogens is 1. The zero-order valence-electron chi connectivity index (χ0n) is 11.4. The van der Waals surface area contributed by atoms with Gasteiger partial charge in [-0.25, -0.2) is 0 Å². The molecule has 1 saturated heterocycles. The zero-order chi connectivity index (χ0) is 12.6. The van der Waals surface area contributed by atoms with Crippen LogP contribution in [0.5, 0.6) is 0 Å². The van der Waals surface area contributed by atoms with Gasteiger partial charge in [0.25, 0.3) is 0 Å². The number of nitrogens with one attached hydrogen (secondary N) is 2. The largest absolute Gasteiger partial charge is 0.396 e. The molecule has 0 bridgehead atoms. The van der Waals surface area contributed by atoms with E-state index in [1.54, 1.807) is 7.05 Å². The molecule has 6 heteroatoms. The molecule has 0 aromatic rings. The zero-order valence-corrected chi connectivity index (χ0v) is 13.7. The molecule has 0 spiro atoms. The highest BCUT2D eigenvalue weighted by Crippen LogP contribution is 2.31. The lowest BCUT2D eigenvalue weighted by Gasteiger charge is -2.27. The summed E-state index contributed by atoms with van der Waals surface area (Å²) in [6.45, 7) is 5.58. The van der Waals surface area contributed by atoms with E-state index in [2.05, 4.69) is 22.5 Å². The van der Waals surface area contributed by atoms with Crippen molar-refractivity contribution in [1.29, 1.82) is 0 Å². The Bertz CT molecular complexity index is 243. The first-order valence-corrected chi connectivity index (χ1v) is 6.39. The number of hydrogen-bond donors (Lipinski definition) is 3. The second-order valence-electron chi connectivity index (χ2n) is 4.63. The average molecular weight is 371 g/mol. The van der Waals surface area contributed by atoms with Crippen LogP contribution in [0.4, 0.5) is 0 Å². The summed E-state index contributed by atoms with van der Waals surface area (Å²) < 4.78 is 5.45. The number of aliphatic hydroxyl groups excluding tert-OH is 1. The molecule has 0 radical (unpaired) electrons. The van der Waals surface area contributed by atoms with E-state index >= 15 is 0 Å². The first-order valence-electron chi connectivity index (χ1n) is 6.39. The third-order valence-corrected chi connectivity index (χ3v) is 3.22. The fourth-order valence-corrected chi connectivity index (χ4v) is 2.05. The number of hydrogen-bond acceptors (Lipinski definition) is 3. The smallest absolute Gasteiger partial charge is 0.190 e. The van der Waals surface area contributed by atoms with Gasteiger partial charge in [-0.05, 0) is 19.3 Å². The Morgan fingerprint density at radius 2 is 2.22 bits per heavy atom. The predicted molar refractivity (Wildman–Crippen MR) is 84.6 cm³/mol. The molecule has 0 aromatic heterocycles. The van der Waals surface area contributed by atoms with Crippen LogP contribution in [-0.2, 0) is 4.74 Å². The highest BCUT2D eigenvalue weighted by atomic mass is 127. The molecule has 1 heterocycles. The van der Waals surface area contributed by atoms with E-state index in [0.717, 1.165) is 51.5 Å². The Hall–Kier alpha value is -0.0800. The molecular formula is C12H26IN3O2. The van der Waals surface area contributed by atoms with Crippen LogP contribution in [0.2, 0.25) is 0 Å². The summed E-state index contributed by atoms with van der Waals surface area (Å²) in [5.41, 5.74) is 0.0680. The van der Waals surface area contributed by atoms with Gasteiger partial charge in [0, 0.05) is 38.8 Å². The normalized spacial score (nSPS) is 23.6. The Morgan fingerprint density at radius 1 is 1.44 bits per heavy atom. The molecular weight excluding hydrogens is 345 g/mol. The molecule has 108 valence electrons. The fourth-order valence-electron chi connectivity index (χ4n) is 2.05. The molecule has 1 aliphatic rings. The Labute approximate surface area is 127 Å². The van der Waals surface area contributed by atoms with Crippen molar-refractivity contribution in [3.8, 4) is 0 Å². The molecule has 1 fully saturated rings. The minimum absolute atomic E-state index is 0. The SMILES string of the molecule is CCCNC(=NC)NCC1(CCO)CCOC1.I. The predicted octanol–water partition coefficient (Wildman–Crippen LogP) is 0.968. The maximum atomic E-state index is 9.13. The monoisotopic (exact) mass is 371 g/mol. The van der Waals surface area contributed by atoms with Crippen molar-refractivity contribution in [3.05, 3.63) is 0 Å². The van der Waals surface area contributed by atoms with E-state index in [0.29, 0.717) is 0 Å². The molecule has 1 aliphatic heterocycles. The molecule has 0 aromatic carbocycles. The minimum Gasteiger partial charge on any atom is -0.396 e. The summed E-state index contributed by atoms with van der Waals surface area (Å²) in [4.78, 5) is 4.17. The van der Waals surface area contributed by atoms with Crippen LogP contribution < -0.4 is 10.6 Å². The molecule has 0 saturated carbocycles. The van der Waals surface area contributed by atoms with Gasteiger partial charge in [-0.1, -0.05) is 6.92 Å². The van der Waals surface area contributed by atoms with Crippen LogP contribution >= 0.6 is 24.0 Å². The highest BCUT2D eigenvalue weighted by molar-refractivity contribution is 14.0. The molecule has 1 rings (SSSR count). The summed E-state index contributed by atoms with van der Waals surface area (Å²) >= 11 is 0. The van der Waals surface area contributed by atoms with Gasteiger partial charge in [0.05, 0.1) is 6.61 Å². The van der Waals surface area contributed by atoms with Gasteiger partial charge in [0.15, 0.2) is 5.96 Å². The summed E-state index contributed by atoms with van der Waals surface area (Å²) in [7, 11) is 1.77. The Balaban J connectivity index is 0.00000289. The van der Waals surface area contributed by atoms with E-state index in [-0.39, 0.29) is 36.0 Å². The summed E-state index contributed by atoms with van der Waals surface area (Å²) in [6.07, 6.45) is 2.86. The first-order chi connectivity index (χ1) is 8.26. The van der Waals surface area contributed by atoms with Crippen molar-refractivity contribution in [2.75, 3.05) is 40.0 Å². The van der Waals surface area contributed by atoms with Crippen molar-refractivity contribution in [2.24, 2.45) is 10.4 Å². The summed E-state index contributed by atoms with van der Waals surface area (Å²) in [5, 5.41) is 15.7. The highest BCUT2D eigenvalue weighted by Gasteiger charge is 2.34. The third-order valence-electron chi connectivity index (χ3n) is 3.22. The van der Waals surface area contributed by atoms with Crippen LogP contribution in [0.15, 0.2) is 4.99 Å². The van der Waals surface area contributed by atoms with Gasteiger partial charge >= 0.3 is 0 Å². The summed E-state index contributed by atoms with van der Waals surface area (Å²) in [6, 6.07) is 0. The van der Waals surface area contributed by atoms with Crippen LogP contribution in [-0.4, -0.2) is 51.0 Å². The lowest BCUT2D eigenvalue weighted by Crippen LogP contribution is -2.44. The van der Waals surface area contributed by atoms with Gasteiger partial charge in [-0.2, -0.15) is 0 Å². The standard InChI is InChI=1S/C12H25N3O2.HI/c1-3-6-14-11(13-2)15-9-12(4-7-16)5-8-17-10-12;/h16H,3-10H2,1-2H3,(H2,13,14,15);1H. The van der Waals surface area contributed by atoms with Crippen LogP contribution in [0, 0.1) is 5.41 Å². The maximum Gasteiger partial charge on any atom is 0.190 e. The molecule has 5 nitrogen and oxygen atoms in total.